The van der Waals surface area contributed by atoms with Crippen LogP contribution < -0.4 is 5.32 Å². The average molecular weight is 193 g/mol. The Kier molecular flexibility index (Phi) is 3.63. The average Bonchev–Trinajstić information content (AvgIpc) is 2.90. The molecule has 1 N–H and O–H groups in total. The van der Waals surface area contributed by atoms with E-state index in [1.54, 1.807) is 5.57 Å². The summed E-state index contributed by atoms with van der Waals surface area (Å²) in [7, 11) is 0. The Morgan fingerprint density at radius 3 is 2.50 bits per heavy atom. The molecule has 14 heavy (non-hydrogen) atoms. The highest BCUT2D eigenvalue weighted by Crippen LogP contribution is 2.27. The van der Waals surface area contributed by atoms with E-state index in [0.717, 1.165) is 18.5 Å². The first-order valence-electron chi connectivity index (χ1n) is 6.31. The van der Waals surface area contributed by atoms with Crippen LogP contribution in [0.15, 0.2) is 11.6 Å². The number of rotatable bonds is 5. The van der Waals surface area contributed by atoms with Gasteiger partial charge < -0.3 is 5.32 Å². The Morgan fingerprint density at radius 2 is 1.93 bits per heavy atom. The van der Waals surface area contributed by atoms with Crippen LogP contribution in [0.5, 0.6) is 0 Å². The van der Waals surface area contributed by atoms with Crippen LogP contribution in [0.25, 0.3) is 0 Å². The molecule has 0 saturated heterocycles. The van der Waals surface area contributed by atoms with E-state index < -0.39 is 0 Å². The van der Waals surface area contributed by atoms with Crippen molar-refractivity contribution >= 4 is 0 Å². The van der Waals surface area contributed by atoms with Crippen molar-refractivity contribution in [2.24, 2.45) is 5.92 Å². The van der Waals surface area contributed by atoms with Crippen LogP contribution in [0.4, 0.5) is 0 Å². The third-order valence-corrected chi connectivity index (χ3v) is 3.52. The van der Waals surface area contributed by atoms with Gasteiger partial charge in [0.1, 0.15) is 0 Å². The molecule has 0 radical (unpaired) electrons. The maximum Gasteiger partial charge on any atom is 0.0167 e. The summed E-state index contributed by atoms with van der Waals surface area (Å²) >= 11 is 0. The summed E-state index contributed by atoms with van der Waals surface area (Å²) in [6.07, 6.45) is 12.4. The minimum absolute atomic E-state index is 0.855. The molecule has 0 atom stereocenters. The number of nitrogens with one attached hydrogen (secondary N) is 1. The second kappa shape index (κ2) is 4.97. The van der Waals surface area contributed by atoms with Crippen molar-refractivity contribution in [3.63, 3.8) is 0 Å². The largest absolute Gasteiger partial charge is 0.310 e. The third kappa shape index (κ3) is 3.13. The van der Waals surface area contributed by atoms with Gasteiger partial charge in [-0.25, -0.2) is 0 Å². The topological polar surface area (TPSA) is 12.0 Å². The lowest BCUT2D eigenvalue weighted by Crippen LogP contribution is -2.19. The molecule has 1 nitrogen and oxygen atoms in total. The van der Waals surface area contributed by atoms with Crippen molar-refractivity contribution in [1.82, 2.24) is 5.32 Å². The fourth-order valence-corrected chi connectivity index (χ4v) is 2.32. The SMILES string of the molecule is CCC(=CC1CCCC1)CNC1CC1. The zero-order valence-electron chi connectivity index (χ0n) is 9.39. The highest BCUT2D eigenvalue weighted by Gasteiger charge is 2.20. The van der Waals surface area contributed by atoms with Gasteiger partial charge in [0, 0.05) is 12.6 Å². The molecule has 80 valence electrons. The first-order chi connectivity index (χ1) is 6.88. The van der Waals surface area contributed by atoms with Gasteiger partial charge in [0.05, 0.1) is 0 Å². The quantitative estimate of drug-likeness (QED) is 0.661. The van der Waals surface area contributed by atoms with E-state index in [2.05, 4.69) is 18.3 Å². The number of hydrogen-bond donors (Lipinski definition) is 1. The molecule has 1 heteroatoms. The van der Waals surface area contributed by atoms with Gasteiger partial charge in [0.2, 0.25) is 0 Å². The third-order valence-electron chi connectivity index (χ3n) is 3.52. The predicted molar refractivity (Wildman–Crippen MR) is 61.4 cm³/mol. The van der Waals surface area contributed by atoms with E-state index in [1.807, 2.05) is 0 Å². The molecule has 0 bridgehead atoms. The molecule has 2 fully saturated rings. The summed E-state index contributed by atoms with van der Waals surface area (Å²) in [4.78, 5) is 0. The van der Waals surface area contributed by atoms with Crippen LogP contribution in [0.1, 0.15) is 51.9 Å². The van der Waals surface area contributed by atoms with Crippen molar-refractivity contribution in [3.8, 4) is 0 Å². The van der Waals surface area contributed by atoms with Crippen LogP contribution in [-0.2, 0) is 0 Å². The van der Waals surface area contributed by atoms with Gasteiger partial charge in [-0.2, -0.15) is 0 Å². The summed E-state index contributed by atoms with van der Waals surface area (Å²) in [5.74, 6) is 0.908. The maximum atomic E-state index is 3.61. The van der Waals surface area contributed by atoms with Crippen LogP contribution >= 0.6 is 0 Å². The fraction of sp³-hybridized carbons (Fsp3) is 0.846. The summed E-state index contributed by atoms with van der Waals surface area (Å²) in [6.45, 7) is 3.44. The predicted octanol–water partition coefficient (Wildman–Crippen LogP) is 3.27. The number of hydrogen-bond acceptors (Lipinski definition) is 1. The highest BCUT2D eigenvalue weighted by atomic mass is 14.9. The molecule has 0 heterocycles. The lowest BCUT2D eigenvalue weighted by atomic mass is 10.0. The van der Waals surface area contributed by atoms with Crippen molar-refractivity contribution in [2.75, 3.05) is 6.54 Å². The van der Waals surface area contributed by atoms with Gasteiger partial charge in [0.15, 0.2) is 0 Å². The van der Waals surface area contributed by atoms with E-state index in [0.29, 0.717) is 0 Å². The molecule has 0 aliphatic heterocycles. The van der Waals surface area contributed by atoms with Crippen molar-refractivity contribution in [1.29, 1.82) is 0 Å². The first kappa shape index (κ1) is 10.2. The molecule has 0 spiro atoms. The molecule has 2 saturated carbocycles. The molecule has 0 unspecified atom stereocenters. The van der Waals surface area contributed by atoms with Crippen molar-refractivity contribution < 1.29 is 0 Å². The summed E-state index contributed by atoms with van der Waals surface area (Å²) in [5.41, 5.74) is 1.64. The van der Waals surface area contributed by atoms with E-state index in [1.165, 1.54) is 44.9 Å². The Labute approximate surface area is 88.0 Å². The van der Waals surface area contributed by atoms with Crippen LogP contribution in [0, 0.1) is 5.92 Å². The standard InChI is InChI=1S/C13H23N/c1-2-11(10-14-13-7-8-13)9-12-5-3-4-6-12/h9,12-14H,2-8,10H2,1H3. The van der Waals surface area contributed by atoms with Gasteiger partial charge in [-0.1, -0.05) is 31.4 Å². The Bertz CT molecular complexity index is 197. The lowest BCUT2D eigenvalue weighted by Gasteiger charge is -2.09. The molecule has 0 aromatic rings. The molecular weight excluding hydrogens is 170 g/mol. The Hall–Kier alpha value is -0.300. The van der Waals surface area contributed by atoms with E-state index in [9.17, 15) is 0 Å². The molecular formula is C13H23N. The van der Waals surface area contributed by atoms with Gasteiger partial charge >= 0.3 is 0 Å². The summed E-state index contributed by atoms with van der Waals surface area (Å²) in [6, 6.07) is 0.855. The van der Waals surface area contributed by atoms with Crippen molar-refractivity contribution in [3.05, 3.63) is 11.6 Å². The molecule has 0 amide bonds. The normalized spacial score (nSPS) is 24.5. The first-order valence-corrected chi connectivity index (χ1v) is 6.31. The van der Waals surface area contributed by atoms with Gasteiger partial charge in [-0.3, -0.25) is 0 Å². The van der Waals surface area contributed by atoms with Gasteiger partial charge in [-0.05, 0) is 38.0 Å². The molecule has 0 aromatic heterocycles. The zero-order chi connectivity index (χ0) is 9.80. The monoisotopic (exact) mass is 193 g/mol. The second-order valence-corrected chi connectivity index (χ2v) is 4.88. The Balaban J connectivity index is 1.76. The summed E-state index contributed by atoms with van der Waals surface area (Å²) < 4.78 is 0. The Morgan fingerprint density at radius 1 is 1.21 bits per heavy atom. The van der Waals surface area contributed by atoms with Crippen molar-refractivity contribution in [2.45, 2.75) is 57.9 Å². The summed E-state index contributed by atoms with van der Waals surface area (Å²) in [5, 5.41) is 3.61. The van der Waals surface area contributed by atoms with E-state index in [4.69, 9.17) is 0 Å². The molecule has 2 rings (SSSR count). The smallest absolute Gasteiger partial charge is 0.0167 e. The second-order valence-electron chi connectivity index (χ2n) is 4.88. The highest BCUT2D eigenvalue weighted by molar-refractivity contribution is 5.07. The molecule has 0 aromatic carbocycles. The molecule has 2 aliphatic rings. The van der Waals surface area contributed by atoms with Crippen LogP contribution in [-0.4, -0.2) is 12.6 Å². The zero-order valence-corrected chi connectivity index (χ0v) is 9.39. The van der Waals surface area contributed by atoms with Gasteiger partial charge in [-0.15, -0.1) is 0 Å². The minimum atomic E-state index is 0.855. The maximum absolute atomic E-state index is 3.61. The van der Waals surface area contributed by atoms with E-state index >= 15 is 0 Å². The van der Waals surface area contributed by atoms with Crippen LogP contribution in [0.2, 0.25) is 0 Å². The molecule has 2 aliphatic carbocycles. The van der Waals surface area contributed by atoms with Crippen LogP contribution in [0.3, 0.4) is 0 Å². The lowest BCUT2D eigenvalue weighted by molar-refractivity contribution is 0.658. The minimum Gasteiger partial charge on any atom is -0.310 e. The van der Waals surface area contributed by atoms with Gasteiger partial charge in [0.25, 0.3) is 0 Å². The van der Waals surface area contributed by atoms with E-state index in [-0.39, 0.29) is 0 Å². The fourth-order valence-electron chi connectivity index (χ4n) is 2.32. The number of allylic oxidation sites excluding steroid dienone is 1.